The van der Waals surface area contributed by atoms with Crippen LogP contribution in [0.3, 0.4) is 0 Å². The molecule has 5 heteroatoms. The average Bonchev–Trinajstić information content (AvgIpc) is 2.97. The van der Waals surface area contributed by atoms with Crippen molar-refractivity contribution in [2.24, 2.45) is 5.73 Å². The second-order valence-electron chi connectivity index (χ2n) is 5.69. The highest BCUT2D eigenvalue weighted by atomic mass is 16.5. The molecule has 1 aliphatic rings. The lowest BCUT2D eigenvalue weighted by Gasteiger charge is -2.30. The van der Waals surface area contributed by atoms with Crippen molar-refractivity contribution in [1.29, 1.82) is 0 Å². The lowest BCUT2D eigenvalue weighted by Crippen LogP contribution is -2.43. The zero-order valence-corrected chi connectivity index (χ0v) is 12.6. The Hall–Kier alpha value is -2.01. The number of piperidine rings is 1. The predicted octanol–water partition coefficient (Wildman–Crippen LogP) is 2.32. The van der Waals surface area contributed by atoms with Crippen molar-refractivity contribution in [3.8, 4) is 17.0 Å². The fourth-order valence-corrected chi connectivity index (χ4v) is 2.86. The summed E-state index contributed by atoms with van der Waals surface area (Å²) >= 11 is 0. The summed E-state index contributed by atoms with van der Waals surface area (Å²) in [5.41, 5.74) is 9.26. The van der Waals surface area contributed by atoms with Gasteiger partial charge in [-0.1, -0.05) is 11.6 Å². The third-order valence-corrected chi connectivity index (χ3v) is 3.99. The highest BCUT2D eigenvalue weighted by Gasteiger charge is 2.19. The summed E-state index contributed by atoms with van der Waals surface area (Å²) in [7, 11) is 1.69. The van der Waals surface area contributed by atoms with Gasteiger partial charge < -0.3 is 15.4 Å². The highest BCUT2D eigenvalue weighted by Crippen LogP contribution is 2.31. The molecule has 1 saturated heterocycles. The Morgan fingerprint density at radius 3 is 3.00 bits per heavy atom. The van der Waals surface area contributed by atoms with E-state index in [0.717, 1.165) is 48.8 Å². The minimum absolute atomic E-state index is 0.243. The number of hydrogen-bond donors (Lipinski definition) is 2. The van der Waals surface area contributed by atoms with E-state index in [1.807, 2.05) is 12.1 Å². The van der Waals surface area contributed by atoms with Gasteiger partial charge in [0, 0.05) is 30.8 Å². The largest absolute Gasteiger partial charge is 0.496 e. The molecule has 21 heavy (non-hydrogen) atoms. The molecule has 1 aromatic heterocycles. The van der Waals surface area contributed by atoms with Crippen LogP contribution < -0.4 is 15.4 Å². The van der Waals surface area contributed by atoms with E-state index in [2.05, 4.69) is 34.2 Å². The molecule has 1 fully saturated rings. The zero-order valence-electron chi connectivity index (χ0n) is 12.6. The predicted molar refractivity (Wildman–Crippen MR) is 84.7 cm³/mol. The molecule has 1 aromatic carbocycles. The van der Waals surface area contributed by atoms with E-state index in [1.54, 1.807) is 7.11 Å². The van der Waals surface area contributed by atoms with Crippen LogP contribution in [0.4, 0.5) is 5.82 Å². The van der Waals surface area contributed by atoms with E-state index in [9.17, 15) is 0 Å². The normalized spacial score (nSPS) is 18.8. The first kappa shape index (κ1) is 13.9. The Morgan fingerprint density at radius 2 is 2.24 bits per heavy atom. The smallest absolute Gasteiger partial charge is 0.151 e. The maximum atomic E-state index is 6.05. The Morgan fingerprint density at radius 1 is 1.38 bits per heavy atom. The Labute approximate surface area is 125 Å². The van der Waals surface area contributed by atoms with Crippen LogP contribution in [0.15, 0.2) is 24.3 Å². The maximum absolute atomic E-state index is 6.05. The fraction of sp³-hybridized carbons (Fsp3) is 0.438. The quantitative estimate of drug-likeness (QED) is 0.908. The molecule has 0 bridgehead atoms. The van der Waals surface area contributed by atoms with Crippen molar-refractivity contribution in [1.82, 2.24) is 10.2 Å². The first-order chi connectivity index (χ1) is 10.2. The molecular formula is C16H22N4O. The number of ether oxygens (including phenoxy) is 1. The molecule has 0 aliphatic carbocycles. The number of H-pyrrole nitrogens is 1. The third kappa shape index (κ3) is 2.88. The van der Waals surface area contributed by atoms with Gasteiger partial charge in [-0.05, 0) is 31.9 Å². The molecule has 1 atom stereocenters. The standard InChI is InChI=1S/C16H22N4O/c1-11-5-6-15(21-2)13(8-11)14-9-16(19-18-14)20-7-3-4-12(17)10-20/h5-6,8-9,12H,3-4,7,10,17H2,1-2H3,(H,18,19). The number of aromatic amines is 1. The molecule has 0 saturated carbocycles. The number of nitrogens with two attached hydrogens (primary N) is 1. The van der Waals surface area contributed by atoms with Crippen LogP contribution in [0, 0.1) is 6.92 Å². The molecule has 3 rings (SSSR count). The van der Waals surface area contributed by atoms with Crippen LogP contribution in [0.1, 0.15) is 18.4 Å². The molecule has 3 N–H and O–H groups in total. The molecule has 2 heterocycles. The van der Waals surface area contributed by atoms with Crippen molar-refractivity contribution in [2.45, 2.75) is 25.8 Å². The molecule has 5 nitrogen and oxygen atoms in total. The first-order valence-electron chi connectivity index (χ1n) is 7.38. The van der Waals surface area contributed by atoms with Crippen molar-refractivity contribution in [3.63, 3.8) is 0 Å². The topological polar surface area (TPSA) is 67.2 Å². The number of methoxy groups -OCH3 is 1. The molecule has 1 aliphatic heterocycles. The zero-order chi connectivity index (χ0) is 14.8. The monoisotopic (exact) mass is 286 g/mol. The van der Waals surface area contributed by atoms with Gasteiger partial charge in [0.25, 0.3) is 0 Å². The van der Waals surface area contributed by atoms with Gasteiger partial charge >= 0.3 is 0 Å². The summed E-state index contributed by atoms with van der Waals surface area (Å²) in [4.78, 5) is 2.25. The summed E-state index contributed by atoms with van der Waals surface area (Å²) in [5.74, 6) is 1.81. The molecule has 1 unspecified atom stereocenters. The van der Waals surface area contributed by atoms with Gasteiger partial charge in [-0.25, -0.2) is 0 Å². The number of hydrogen-bond acceptors (Lipinski definition) is 4. The molecule has 0 radical (unpaired) electrons. The second-order valence-corrected chi connectivity index (χ2v) is 5.69. The van der Waals surface area contributed by atoms with Crippen molar-refractivity contribution < 1.29 is 4.74 Å². The fourth-order valence-electron chi connectivity index (χ4n) is 2.86. The van der Waals surface area contributed by atoms with Gasteiger partial charge in [0.05, 0.1) is 12.8 Å². The Kier molecular flexibility index (Phi) is 3.84. The minimum atomic E-state index is 0.243. The molecule has 112 valence electrons. The lowest BCUT2D eigenvalue weighted by molar-refractivity contribution is 0.416. The van der Waals surface area contributed by atoms with E-state index in [1.165, 1.54) is 5.56 Å². The SMILES string of the molecule is COc1ccc(C)cc1-c1cc(N2CCCC(N)C2)n[nH]1. The van der Waals surface area contributed by atoms with E-state index in [-0.39, 0.29) is 6.04 Å². The summed E-state index contributed by atoms with van der Waals surface area (Å²) in [6.07, 6.45) is 2.22. The van der Waals surface area contributed by atoms with Gasteiger partial charge in [0.15, 0.2) is 5.82 Å². The van der Waals surface area contributed by atoms with Crippen molar-refractivity contribution >= 4 is 5.82 Å². The van der Waals surface area contributed by atoms with Crippen LogP contribution in [-0.2, 0) is 0 Å². The Balaban J connectivity index is 1.89. The van der Waals surface area contributed by atoms with Crippen LogP contribution in [0.5, 0.6) is 5.75 Å². The number of benzene rings is 1. The second kappa shape index (κ2) is 5.77. The number of aromatic nitrogens is 2. The van der Waals surface area contributed by atoms with Crippen LogP contribution in [0.25, 0.3) is 11.3 Å². The van der Waals surface area contributed by atoms with Crippen LogP contribution in [0.2, 0.25) is 0 Å². The van der Waals surface area contributed by atoms with Crippen molar-refractivity contribution in [3.05, 3.63) is 29.8 Å². The highest BCUT2D eigenvalue weighted by molar-refractivity contribution is 5.70. The average molecular weight is 286 g/mol. The number of aryl methyl sites for hydroxylation is 1. The summed E-state index contributed by atoms with van der Waals surface area (Å²) < 4.78 is 5.45. The van der Waals surface area contributed by atoms with E-state index in [4.69, 9.17) is 10.5 Å². The summed E-state index contributed by atoms with van der Waals surface area (Å²) in [6, 6.07) is 8.46. The van der Waals surface area contributed by atoms with Gasteiger partial charge in [-0.15, -0.1) is 0 Å². The number of rotatable bonds is 3. The summed E-state index contributed by atoms with van der Waals surface area (Å²) in [5, 5.41) is 7.57. The van der Waals surface area contributed by atoms with Gasteiger partial charge in [-0.3, -0.25) is 5.10 Å². The Bertz CT molecular complexity index is 622. The van der Waals surface area contributed by atoms with Gasteiger partial charge in [0.1, 0.15) is 5.75 Å². The lowest BCUT2D eigenvalue weighted by atomic mass is 10.1. The van der Waals surface area contributed by atoms with Crippen LogP contribution in [-0.4, -0.2) is 36.4 Å². The van der Waals surface area contributed by atoms with E-state index in [0.29, 0.717) is 0 Å². The number of anilines is 1. The number of nitrogens with one attached hydrogen (secondary N) is 1. The molecule has 2 aromatic rings. The van der Waals surface area contributed by atoms with Crippen molar-refractivity contribution in [2.75, 3.05) is 25.1 Å². The molecule has 0 amide bonds. The van der Waals surface area contributed by atoms with E-state index >= 15 is 0 Å². The first-order valence-corrected chi connectivity index (χ1v) is 7.38. The maximum Gasteiger partial charge on any atom is 0.151 e. The number of nitrogens with zero attached hydrogens (tertiary/aromatic N) is 2. The van der Waals surface area contributed by atoms with Gasteiger partial charge in [-0.2, -0.15) is 5.10 Å². The molecule has 0 spiro atoms. The summed E-state index contributed by atoms with van der Waals surface area (Å²) in [6.45, 7) is 3.96. The van der Waals surface area contributed by atoms with Crippen LogP contribution >= 0.6 is 0 Å². The molecular weight excluding hydrogens is 264 g/mol. The minimum Gasteiger partial charge on any atom is -0.496 e. The van der Waals surface area contributed by atoms with E-state index < -0.39 is 0 Å². The van der Waals surface area contributed by atoms with Gasteiger partial charge in [0.2, 0.25) is 0 Å². The third-order valence-electron chi connectivity index (χ3n) is 3.99.